The number of halogens is 2. The second kappa shape index (κ2) is 4.82. The number of nitrogens with zero attached hydrogens (tertiary/aromatic N) is 1. The van der Waals surface area contributed by atoms with Gasteiger partial charge in [-0.1, -0.05) is 13.8 Å². The van der Waals surface area contributed by atoms with Crippen LogP contribution in [-0.4, -0.2) is 28.3 Å². The van der Waals surface area contributed by atoms with Crippen LogP contribution in [0.3, 0.4) is 0 Å². The van der Waals surface area contributed by atoms with Crippen molar-refractivity contribution < 1.29 is 0 Å². The number of rotatable bonds is 3. The summed E-state index contributed by atoms with van der Waals surface area (Å²) in [6.45, 7) is 4.15. The third-order valence-electron chi connectivity index (χ3n) is 0.699. The minimum Gasteiger partial charge on any atom is -0.320 e. The lowest BCUT2D eigenvalue weighted by Gasteiger charge is -2.17. The monoisotopic (exact) mass is 183 g/mol. The Labute approximate surface area is 64.6 Å². The molecule has 0 rings (SSSR count). The summed E-state index contributed by atoms with van der Waals surface area (Å²) in [6, 6.07) is 0.474. The average Bonchev–Trinajstić information content (AvgIpc) is 1.69. The first-order valence-electron chi connectivity index (χ1n) is 2.24. The summed E-state index contributed by atoms with van der Waals surface area (Å²) >= 11 is 11.1. The van der Waals surface area contributed by atoms with Crippen molar-refractivity contribution in [2.24, 2.45) is 0 Å². The van der Waals surface area contributed by atoms with Crippen molar-refractivity contribution in [1.29, 1.82) is 0 Å². The largest absolute Gasteiger partial charge is 0.320 e. The fourth-order valence-electron chi connectivity index (χ4n) is 0.211. The highest BCUT2D eigenvalue weighted by atomic mass is 35.6. The predicted octanol–water partition coefficient (Wildman–Crippen LogP) is 1.24. The van der Waals surface area contributed by atoms with Gasteiger partial charge in [0.2, 0.25) is 0 Å². The summed E-state index contributed by atoms with van der Waals surface area (Å²) in [6.07, 6.45) is 0. The molecule has 0 spiro atoms. The van der Waals surface area contributed by atoms with E-state index in [2.05, 4.69) is 13.8 Å². The summed E-state index contributed by atoms with van der Waals surface area (Å²) in [4.78, 5) is 0. The van der Waals surface area contributed by atoms with Crippen molar-refractivity contribution in [3.05, 3.63) is 0 Å². The zero-order chi connectivity index (χ0) is 6.57. The summed E-state index contributed by atoms with van der Waals surface area (Å²) in [5, 5.41) is 0. The maximum absolute atomic E-state index is 5.54. The van der Waals surface area contributed by atoms with Crippen LogP contribution in [-0.2, 0) is 0 Å². The van der Waals surface area contributed by atoms with Crippen molar-refractivity contribution in [3.8, 4) is 0 Å². The lowest BCUT2D eigenvalue weighted by Crippen LogP contribution is -2.32. The molecule has 8 heavy (non-hydrogen) atoms. The van der Waals surface area contributed by atoms with E-state index in [1.54, 1.807) is 0 Å². The van der Waals surface area contributed by atoms with Crippen LogP contribution in [0.2, 0.25) is 0 Å². The molecule has 0 amide bonds. The van der Waals surface area contributed by atoms with Gasteiger partial charge in [0.05, 0.1) is 0 Å². The molecule has 0 N–H and O–H groups in total. The minimum atomic E-state index is 0.315. The van der Waals surface area contributed by atoms with E-state index in [1.807, 2.05) is 4.23 Å². The first-order chi connectivity index (χ1) is 3.72. The van der Waals surface area contributed by atoms with E-state index in [0.717, 1.165) is 0 Å². The van der Waals surface area contributed by atoms with E-state index in [9.17, 15) is 0 Å². The Balaban J connectivity index is 3.35. The molecule has 0 saturated heterocycles. The maximum atomic E-state index is 5.54. The van der Waals surface area contributed by atoms with Crippen LogP contribution < -0.4 is 0 Å². The Hall–Kier alpha value is 0.974. The van der Waals surface area contributed by atoms with Crippen molar-refractivity contribution in [1.82, 2.24) is 4.23 Å². The summed E-state index contributed by atoms with van der Waals surface area (Å²) in [5.41, 5.74) is 0. The molecule has 1 nitrogen and oxygen atoms in total. The third kappa shape index (κ3) is 3.09. The van der Waals surface area contributed by atoms with Crippen LogP contribution in [0.1, 0.15) is 13.8 Å². The molecule has 0 heterocycles. The third-order valence-corrected chi connectivity index (χ3v) is 4.71. The smallest absolute Gasteiger partial charge is 0.267 e. The van der Waals surface area contributed by atoms with Crippen molar-refractivity contribution in [2.75, 3.05) is 0 Å². The molecular weight excluding hydrogens is 177 g/mol. The summed E-state index contributed by atoms with van der Waals surface area (Å²) in [7, 11) is 0.630. The lowest BCUT2D eigenvalue weighted by molar-refractivity contribution is 0.563. The molecule has 0 saturated carbocycles. The van der Waals surface area contributed by atoms with Crippen LogP contribution in [0.15, 0.2) is 0 Å². The van der Waals surface area contributed by atoms with Gasteiger partial charge in [0.25, 0.3) is 18.0 Å². The van der Waals surface area contributed by atoms with Gasteiger partial charge >= 0.3 is 0 Å². The van der Waals surface area contributed by atoms with E-state index in [-0.39, 0.29) is 0 Å². The van der Waals surface area contributed by atoms with Gasteiger partial charge in [-0.05, 0) is 6.04 Å². The zero-order valence-corrected chi connectivity index (χ0v) is 8.29. The van der Waals surface area contributed by atoms with Gasteiger partial charge in [-0.15, -0.1) is 22.2 Å². The van der Waals surface area contributed by atoms with Gasteiger partial charge in [-0.25, -0.2) is 0 Å². The molecule has 0 aromatic heterocycles. The molecule has 0 aromatic rings. The van der Waals surface area contributed by atoms with E-state index in [1.165, 1.54) is 0 Å². The molecule has 0 bridgehead atoms. The Bertz CT molecular complexity index is 57.2. The fourth-order valence-corrected chi connectivity index (χ4v) is 3.05. The molecule has 0 fully saturated rings. The molecule has 0 aliphatic carbocycles. The lowest BCUT2D eigenvalue weighted by atomic mass is 10.4. The topological polar surface area (TPSA) is 3.24 Å². The quantitative estimate of drug-likeness (QED) is 0.471. The van der Waals surface area contributed by atoms with E-state index < -0.39 is 0 Å². The highest BCUT2D eigenvalue weighted by molar-refractivity contribution is 7.02. The van der Waals surface area contributed by atoms with E-state index >= 15 is 0 Å². The highest BCUT2D eigenvalue weighted by Gasteiger charge is 2.07. The van der Waals surface area contributed by atoms with Gasteiger partial charge in [0.1, 0.15) is 0 Å². The SMILES string of the molecule is CC(C)N([Si]Cl)[Si]Cl. The first kappa shape index (κ1) is 8.97. The maximum Gasteiger partial charge on any atom is 0.267 e. The molecular formula is C3H7Cl2NSi2. The van der Waals surface area contributed by atoms with Crippen LogP contribution in [0.5, 0.6) is 0 Å². The second-order valence-electron chi connectivity index (χ2n) is 1.63. The molecule has 0 atom stereocenters. The highest BCUT2D eigenvalue weighted by Crippen LogP contribution is 1.95. The van der Waals surface area contributed by atoms with Crippen molar-refractivity contribution >= 4 is 40.1 Å². The first-order valence-corrected chi connectivity index (χ1v) is 6.16. The summed E-state index contributed by atoms with van der Waals surface area (Å²) < 4.78 is 2.00. The van der Waals surface area contributed by atoms with Crippen molar-refractivity contribution in [2.45, 2.75) is 19.9 Å². The molecule has 4 radical (unpaired) electrons. The average molecular weight is 184 g/mol. The Morgan fingerprint density at radius 3 is 1.62 bits per heavy atom. The van der Waals surface area contributed by atoms with Gasteiger partial charge in [-0.3, -0.25) is 0 Å². The Morgan fingerprint density at radius 1 is 1.25 bits per heavy atom. The molecule has 0 aliphatic heterocycles. The predicted molar refractivity (Wildman–Crippen MR) is 40.2 cm³/mol. The van der Waals surface area contributed by atoms with Crippen LogP contribution in [0.25, 0.3) is 0 Å². The fraction of sp³-hybridized carbons (Fsp3) is 1.00. The summed E-state index contributed by atoms with van der Waals surface area (Å²) in [5.74, 6) is 0. The normalized spacial score (nSPS) is 11.2. The van der Waals surface area contributed by atoms with Gasteiger partial charge in [0, 0.05) is 0 Å². The Kier molecular flexibility index (Phi) is 5.40. The number of hydrogen-bond acceptors (Lipinski definition) is 1. The molecule has 5 heteroatoms. The molecule has 0 aliphatic rings. The van der Waals surface area contributed by atoms with E-state index in [0.29, 0.717) is 24.0 Å². The van der Waals surface area contributed by atoms with Crippen molar-refractivity contribution in [3.63, 3.8) is 0 Å². The molecule has 0 unspecified atom stereocenters. The molecule has 0 aromatic carbocycles. The molecule has 46 valence electrons. The number of hydrogen-bond donors (Lipinski definition) is 0. The Morgan fingerprint density at radius 2 is 1.62 bits per heavy atom. The van der Waals surface area contributed by atoms with Crippen LogP contribution in [0, 0.1) is 0 Å². The van der Waals surface area contributed by atoms with Gasteiger partial charge in [0.15, 0.2) is 0 Å². The van der Waals surface area contributed by atoms with Gasteiger partial charge in [-0.2, -0.15) is 0 Å². The standard InChI is InChI=1S/C3H7Cl2NSi2/c1-3(2)6(7-4)8-5/h3H,1-2H3. The minimum absolute atomic E-state index is 0.315. The van der Waals surface area contributed by atoms with Crippen LogP contribution in [0.4, 0.5) is 0 Å². The van der Waals surface area contributed by atoms with Gasteiger partial charge < -0.3 is 4.23 Å². The second-order valence-corrected chi connectivity index (χ2v) is 4.40. The zero-order valence-electron chi connectivity index (χ0n) is 4.78. The van der Waals surface area contributed by atoms with E-state index in [4.69, 9.17) is 22.2 Å². The van der Waals surface area contributed by atoms with Crippen LogP contribution >= 0.6 is 22.2 Å².